The molecule has 1 aliphatic rings. The second kappa shape index (κ2) is 11.8. The third-order valence-corrected chi connectivity index (χ3v) is 5.99. The maximum Gasteiger partial charge on any atom is 0.337 e. The summed E-state index contributed by atoms with van der Waals surface area (Å²) in [5, 5.41) is 5.35. The number of carbonyl (C=O) groups is 5. The van der Waals surface area contributed by atoms with Crippen molar-refractivity contribution in [2.45, 2.75) is 0 Å². The number of methoxy groups -OCH3 is 1. The first kappa shape index (κ1) is 27.4. The Balaban J connectivity index is 1.58. The summed E-state index contributed by atoms with van der Waals surface area (Å²) in [6.07, 6.45) is 1.20. The van der Waals surface area contributed by atoms with Crippen molar-refractivity contribution in [1.29, 1.82) is 0 Å². The maximum atomic E-state index is 13.3. The molecule has 2 N–H and O–H groups in total. The molecular formula is C27H19Cl2N3O7. The van der Waals surface area contributed by atoms with Crippen LogP contribution in [0, 0.1) is 0 Å². The molecule has 12 heteroatoms. The fraction of sp³-hybridized carbons (Fsp3) is 0.0741. The summed E-state index contributed by atoms with van der Waals surface area (Å²) in [7, 11) is 1.22. The van der Waals surface area contributed by atoms with E-state index in [1.807, 2.05) is 0 Å². The first-order valence-corrected chi connectivity index (χ1v) is 12.0. The van der Waals surface area contributed by atoms with E-state index in [1.165, 1.54) is 55.7 Å². The highest BCUT2D eigenvalue weighted by molar-refractivity contribution is 6.39. The number of benzene rings is 3. The van der Waals surface area contributed by atoms with Gasteiger partial charge in [0, 0.05) is 10.6 Å². The number of amides is 5. The minimum Gasteiger partial charge on any atom is -0.483 e. The van der Waals surface area contributed by atoms with Crippen molar-refractivity contribution in [1.82, 2.24) is 5.32 Å². The van der Waals surface area contributed by atoms with Gasteiger partial charge in [0.15, 0.2) is 6.61 Å². The Hall–Kier alpha value is -4.67. The number of rotatable bonds is 7. The molecule has 0 atom stereocenters. The summed E-state index contributed by atoms with van der Waals surface area (Å²) in [5.41, 5.74) is 0.542. The van der Waals surface area contributed by atoms with Crippen LogP contribution in [0.1, 0.15) is 15.9 Å². The van der Waals surface area contributed by atoms with Gasteiger partial charge in [-0.15, -0.1) is 0 Å². The minimum atomic E-state index is -0.966. The number of hydrogen-bond acceptors (Lipinski definition) is 7. The summed E-state index contributed by atoms with van der Waals surface area (Å²) in [6, 6.07) is 15.6. The van der Waals surface area contributed by atoms with Crippen molar-refractivity contribution < 1.29 is 33.4 Å². The van der Waals surface area contributed by atoms with Crippen molar-refractivity contribution in [2.75, 3.05) is 23.9 Å². The third kappa shape index (κ3) is 6.25. The normalized spacial score (nSPS) is 14.2. The Kier molecular flexibility index (Phi) is 8.28. The van der Waals surface area contributed by atoms with E-state index in [1.54, 1.807) is 24.3 Å². The zero-order chi connectivity index (χ0) is 28.1. The molecule has 1 fully saturated rings. The van der Waals surface area contributed by atoms with E-state index >= 15 is 0 Å². The van der Waals surface area contributed by atoms with Gasteiger partial charge >= 0.3 is 12.0 Å². The third-order valence-electron chi connectivity index (χ3n) is 5.43. The molecule has 1 aliphatic heterocycles. The molecular weight excluding hydrogens is 549 g/mol. The van der Waals surface area contributed by atoms with Gasteiger partial charge < -0.3 is 14.8 Å². The van der Waals surface area contributed by atoms with Crippen LogP contribution < -0.4 is 20.3 Å². The predicted molar refractivity (Wildman–Crippen MR) is 144 cm³/mol. The fourth-order valence-electron chi connectivity index (χ4n) is 3.57. The van der Waals surface area contributed by atoms with E-state index < -0.39 is 36.3 Å². The number of nitrogens with zero attached hydrogens (tertiary/aromatic N) is 1. The number of carbonyl (C=O) groups excluding carboxylic acids is 5. The maximum absolute atomic E-state index is 13.3. The molecule has 0 bridgehead atoms. The van der Waals surface area contributed by atoms with Gasteiger partial charge in [0.1, 0.15) is 11.3 Å². The summed E-state index contributed by atoms with van der Waals surface area (Å²) >= 11 is 12.2. The first-order valence-electron chi connectivity index (χ1n) is 11.2. The molecule has 4 rings (SSSR count). The lowest BCUT2D eigenvalue weighted by molar-refractivity contribution is -0.122. The van der Waals surface area contributed by atoms with E-state index in [2.05, 4.69) is 15.4 Å². The molecule has 5 amide bonds. The van der Waals surface area contributed by atoms with Gasteiger partial charge in [0.25, 0.3) is 17.7 Å². The molecule has 0 aromatic heterocycles. The summed E-state index contributed by atoms with van der Waals surface area (Å²) in [5.74, 6) is -2.81. The predicted octanol–water partition coefficient (Wildman–Crippen LogP) is 4.46. The Morgan fingerprint density at radius 3 is 2.41 bits per heavy atom. The minimum absolute atomic E-state index is 0.113. The molecule has 198 valence electrons. The van der Waals surface area contributed by atoms with Gasteiger partial charge in [-0.3, -0.25) is 19.7 Å². The molecule has 0 radical (unpaired) electrons. The van der Waals surface area contributed by atoms with E-state index in [0.717, 1.165) is 4.90 Å². The fourth-order valence-corrected chi connectivity index (χ4v) is 3.93. The van der Waals surface area contributed by atoms with E-state index in [9.17, 15) is 24.0 Å². The number of halogens is 2. The van der Waals surface area contributed by atoms with Gasteiger partial charge in [0.05, 0.1) is 29.1 Å². The number of nitrogens with one attached hydrogen (secondary N) is 2. The van der Waals surface area contributed by atoms with Crippen molar-refractivity contribution in [3.05, 3.63) is 93.5 Å². The van der Waals surface area contributed by atoms with Crippen LogP contribution in [0.4, 0.5) is 16.2 Å². The SMILES string of the molecule is COC(=O)c1ccc(N2C(=O)NC(=O)/C(=C/c3cc(Cl)ccc3OCC(=O)Nc3ccccc3Cl)C2=O)cc1. The van der Waals surface area contributed by atoms with Gasteiger partial charge in [-0.1, -0.05) is 35.3 Å². The molecule has 0 saturated carbocycles. The van der Waals surface area contributed by atoms with Crippen LogP contribution in [0.15, 0.2) is 72.3 Å². The number of ether oxygens (including phenoxy) is 2. The van der Waals surface area contributed by atoms with Gasteiger partial charge in [-0.25, -0.2) is 14.5 Å². The topological polar surface area (TPSA) is 131 Å². The van der Waals surface area contributed by atoms with Crippen LogP contribution >= 0.6 is 23.2 Å². The lowest BCUT2D eigenvalue weighted by Crippen LogP contribution is -2.54. The molecule has 3 aromatic carbocycles. The van der Waals surface area contributed by atoms with Gasteiger partial charge in [-0.2, -0.15) is 0 Å². The van der Waals surface area contributed by atoms with Gasteiger partial charge in [-0.05, 0) is 60.7 Å². The number of para-hydroxylation sites is 1. The van der Waals surface area contributed by atoms with E-state index in [4.69, 9.17) is 27.9 Å². The standard InChI is InChI=1S/C27H19Cl2N3O7/c1-38-26(36)15-6-9-18(10-7-15)32-25(35)19(24(34)31-27(32)37)13-16-12-17(28)8-11-22(16)39-14-23(33)30-21-5-3-2-4-20(21)29/h2-13H,14H2,1H3,(H,30,33)(H,31,34,37)/b19-13-. The van der Waals surface area contributed by atoms with Crippen LogP contribution in [0.2, 0.25) is 10.0 Å². The van der Waals surface area contributed by atoms with Crippen molar-refractivity contribution in [3.63, 3.8) is 0 Å². The van der Waals surface area contributed by atoms with Crippen LogP contribution in [-0.2, 0) is 19.1 Å². The zero-order valence-electron chi connectivity index (χ0n) is 20.2. The van der Waals surface area contributed by atoms with Crippen molar-refractivity contribution in [3.8, 4) is 5.75 Å². The number of urea groups is 1. The molecule has 39 heavy (non-hydrogen) atoms. The van der Waals surface area contributed by atoms with Crippen molar-refractivity contribution >= 4 is 70.4 Å². The number of esters is 1. The van der Waals surface area contributed by atoms with Crippen molar-refractivity contribution in [2.24, 2.45) is 0 Å². The van der Waals surface area contributed by atoms with Gasteiger partial charge in [0.2, 0.25) is 0 Å². The molecule has 0 unspecified atom stereocenters. The Morgan fingerprint density at radius 1 is 1.00 bits per heavy atom. The largest absolute Gasteiger partial charge is 0.483 e. The van der Waals surface area contributed by atoms with Crippen LogP contribution in [0.3, 0.4) is 0 Å². The quantitative estimate of drug-likeness (QED) is 0.244. The Bertz CT molecular complexity index is 1520. The molecule has 1 heterocycles. The smallest absolute Gasteiger partial charge is 0.337 e. The lowest BCUT2D eigenvalue weighted by atomic mass is 10.1. The van der Waals surface area contributed by atoms with Crippen LogP contribution in [0.5, 0.6) is 5.75 Å². The lowest BCUT2D eigenvalue weighted by Gasteiger charge is -2.26. The number of hydrogen-bond donors (Lipinski definition) is 2. The van der Waals surface area contributed by atoms with Crippen LogP contribution in [0.25, 0.3) is 6.08 Å². The number of imide groups is 2. The second-order valence-electron chi connectivity index (χ2n) is 8.00. The average Bonchev–Trinajstić information content (AvgIpc) is 2.91. The highest BCUT2D eigenvalue weighted by atomic mass is 35.5. The van der Waals surface area contributed by atoms with E-state index in [0.29, 0.717) is 10.7 Å². The first-order chi connectivity index (χ1) is 18.7. The molecule has 0 spiro atoms. The highest BCUT2D eigenvalue weighted by Gasteiger charge is 2.37. The average molecular weight is 568 g/mol. The van der Waals surface area contributed by atoms with Crippen LogP contribution in [-0.4, -0.2) is 43.4 Å². The zero-order valence-corrected chi connectivity index (χ0v) is 21.7. The number of barbiturate groups is 1. The molecule has 10 nitrogen and oxygen atoms in total. The Morgan fingerprint density at radius 2 is 1.72 bits per heavy atom. The second-order valence-corrected chi connectivity index (χ2v) is 8.84. The molecule has 0 aliphatic carbocycles. The molecule has 3 aromatic rings. The summed E-state index contributed by atoms with van der Waals surface area (Å²) < 4.78 is 10.3. The Labute approximate surface area is 232 Å². The summed E-state index contributed by atoms with van der Waals surface area (Å²) in [6.45, 7) is -0.416. The highest BCUT2D eigenvalue weighted by Crippen LogP contribution is 2.28. The summed E-state index contributed by atoms with van der Waals surface area (Å²) in [4.78, 5) is 63.2. The molecule has 1 saturated heterocycles. The van der Waals surface area contributed by atoms with E-state index in [-0.39, 0.29) is 33.2 Å². The number of anilines is 2. The monoisotopic (exact) mass is 567 g/mol.